The number of hydrogen-bond donors (Lipinski definition) is 1. The van der Waals surface area contributed by atoms with E-state index in [1.54, 1.807) is 41.8 Å². The quantitative estimate of drug-likeness (QED) is 0.314. The Morgan fingerprint density at radius 3 is 2.09 bits per heavy atom. The standard InChI is InChI=1S/C26H23NO7S/c1-17-4-6-18(7-5-17)21(28)15-34-26(32)19-8-10-20(11-9-19)27-24(30)12-13-25(31)33-16-22(29)23-3-2-14-35-23/h2-11,14H,12-13,15-16H2,1H3,(H,27,30). The topological polar surface area (TPSA) is 116 Å². The summed E-state index contributed by atoms with van der Waals surface area (Å²) in [5.74, 6) is -2.34. The van der Waals surface area contributed by atoms with Gasteiger partial charge in [-0.3, -0.25) is 19.2 Å². The van der Waals surface area contributed by atoms with Crippen LogP contribution in [0.4, 0.5) is 5.69 Å². The maximum atomic E-state index is 12.2. The van der Waals surface area contributed by atoms with E-state index in [0.29, 0.717) is 16.1 Å². The van der Waals surface area contributed by atoms with Crippen LogP contribution in [0.5, 0.6) is 0 Å². The number of carbonyl (C=O) groups is 5. The molecule has 2 aromatic carbocycles. The molecule has 0 atom stereocenters. The first-order valence-corrected chi connectivity index (χ1v) is 11.6. The predicted molar refractivity (Wildman–Crippen MR) is 130 cm³/mol. The molecule has 1 N–H and O–H groups in total. The third-order valence-corrected chi connectivity index (χ3v) is 5.74. The van der Waals surface area contributed by atoms with Gasteiger partial charge < -0.3 is 14.8 Å². The molecule has 0 aliphatic heterocycles. The van der Waals surface area contributed by atoms with E-state index < -0.39 is 17.8 Å². The predicted octanol–water partition coefficient (Wildman–Crippen LogP) is 4.24. The first-order chi connectivity index (χ1) is 16.8. The van der Waals surface area contributed by atoms with Crippen LogP contribution in [-0.2, 0) is 19.1 Å². The van der Waals surface area contributed by atoms with Crippen molar-refractivity contribution in [1.82, 2.24) is 0 Å². The molecule has 0 spiro atoms. The number of ether oxygens (including phenoxy) is 2. The summed E-state index contributed by atoms with van der Waals surface area (Å²) < 4.78 is 9.98. The molecule has 0 unspecified atom stereocenters. The number of Topliss-reactive ketones (excluding diaryl/α,β-unsaturated/α-hetero) is 2. The largest absolute Gasteiger partial charge is 0.457 e. The molecule has 1 aromatic heterocycles. The Morgan fingerprint density at radius 2 is 1.43 bits per heavy atom. The summed E-state index contributed by atoms with van der Waals surface area (Å²) in [4.78, 5) is 60.5. The zero-order valence-electron chi connectivity index (χ0n) is 18.9. The van der Waals surface area contributed by atoms with Gasteiger partial charge in [0.1, 0.15) is 0 Å². The van der Waals surface area contributed by atoms with Crippen LogP contribution in [0.1, 0.15) is 48.8 Å². The molecule has 0 aliphatic rings. The highest BCUT2D eigenvalue weighted by atomic mass is 32.1. The smallest absolute Gasteiger partial charge is 0.338 e. The van der Waals surface area contributed by atoms with Crippen molar-refractivity contribution in [1.29, 1.82) is 0 Å². The van der Waals surface area contributed by atoms with Crippen molar-refractivity contribution in [2.45, 2.75) is 19.8 Å². The first kappa shape index (κ1) is 25.5. The lowest BCUT2D eigenvalue weighted by Crippen LogP contribution is -2.17. The van der Waals surface area contributed by atoms with Gasteiger partial charge in [-0.25, -0.2) is 4.79 Å². The first-order valence-electron chi connectivity index (χ1n) is 10.7. The summed E-state index contributed by atoms with van der Waals surface area (Å²) in [6.07, 6.45) is -0.306. The van der Waals surface area contributed by atoms with Gasteiger partial charge in [-0.1, -0.05) is 35.9 Å². The van der Waals surface area contributed by atoms with Gasteiger partial charge in [0, 0.05) is 17.7 Å². The SMILES string of the molecule is Cc1ccc(C(=O)COC(=O)c2ccc(NC(=O)CCC(=O)OCC(=O)c3cccs3)cc2)cc1. The average Bonchev–Trinajstić information content (AvgIpc) is 3.40. The van der Waals surface area contributed by atoms with E-state index in [9.17, 15) is 24.0 Å². The van der Waals surface area contributed by atoms with E-state index in [4.69, 9.17) is 9.47 Å². The minimum absolute atomic E-state index is 0.128. The number of hydrogen-bond acceptors (Lipinski definition) is 8. The Bertz CT molecular complexity index is 1200. The third-order valence-electron chi connectivity index (χ3n) is 4.83. The van der Waals surface area contributed by atoms with E-state index in [-0.39, 0.29) is 43.2 Å². The maximum absolute atomic E-state index is 12.2. The zero-order valence-corrected chi connectivity index (χ0v) is 19.8. The van der Waals surface area contributed by atoms with Crippen LogP contribution >= 0.6 is 11.3 Å². The summed E-state index contributed by atoms with van der Waals surface area (Å²) in [6, 6.07) is 16.3. The summed E-state index contributed by atoms with van der Waals surface area (Å²) in [7, 11) is 0. The molecule has 0 fully saturated rings. The lowest BCUT2D eigenvalue weighted by Gasteiger charge is -2.08. The molecule has 8 nitrogen and oxygen atoms in total. The molecule has 3 rings (SSSR count). The van der Waals surface area contributed by atoms with Crippen LogP contribution in [0.15, 0.2) is 66.0 Å². The highest BCUT2D eigenvalue weighted by Crippen LogP contribution is 2.13. The zero-order chi connectivity index (χ0) is 25.2. The molecule has 0 radical (unpaired) electrons. The van der Waals surface area contributed by atoms with E-state index >= 15 is 0 Å². The van der Waals surface area contributed by atoms with Crippen LogP contribution in [0.3, 0.4) is 0 Å². The summed E-state index contributed by atoms with van der Waals surface area (Å²) in [5.41, 5.74) is 2.12. The number of aryl methyl sites for hydroxylation is 1. The molecule has 0 aliphatic carbocycles. The molecule has 0 bridgehead atoms. The van der Waals surface area contributed by atoms with Crippen molar-refractivity contribution in [2.24, 2.45) is 0 Å². The van der Waals surface area contributed by atoms with E-state index in [1.807, 2.05) is 6.92 Å². The van der Waals surface area contributed by atoms with Crippen LogP contribution < -0.4 is 5.32 Å². The number of amides is 1. The normalized spacial score (nSPS) is 10.3. The molecule has 9 heteroatoms. The Labute approximate surface area is 205 Å². The van der Waals surface area contributed by atoms with E-state index in [0.717, 1.165) is 5.56 Å². The van der Waals surface area contributed by atoms with Gasteiger partial charge in [-0.2, -0.15) is 0 Å². The lowest BCUT2D eigenvalue weighted by molar-refractivity contribution is -0.143. The van der Waals surface area contributed by atoms with E-state index in [1.165, 1.54) is 35.6 Å². The molecule has 35 heavy (non-hydrogen) atoms. The monoisotopic (exact) mass is 493 g/mol. The van der Waals surface area contributed by atoms with Crippen molar-refractivity contribution in [3.8, 4) is 0 Å². The number of thiophene rings is 1. The Morgan fingerprint density at radius 1 is 0.771 bits per heavy atom. The van der Waals surface area contributed by atoms with Gasteiger partial charge in [0.25, 0.3) is 0 Å². The number of anilines is 1. The average molecular weight is 494 g/mol. The van der Waals surface area contributed by atoms with Crippen LogP contribution in [0.2, 0.25) is 0 Å². The second-order valence-electron chi connectivity index (χ2n) is 7.55. The molecular formula is C26H23NO7S. The van der Waals surface area contributed by atoms with Gasteiger partial charge in [0.2, 0.25) is 11.7 Å². The molecule has 180 valence electrons. The lowest BCUT2D eigenvalue weighted by atomic mass is 10.1. The number of esters is 2. The Balaban J connectivity index is 1.38. The van der Waals surface area contributed by atoms with Crippen molar-refractivity contribution in [3.05, 3.63) is 87.6 Å². The fourth-order valence-electron chi connectivity index (χ4n) is 2.89. The van der Waals surface area contributed by atoms with Crippen LogP contribution in [0, 0.1) is 6.92 Å². The second-order valence-corrected chi connectivity index (χ2v) is 8.50. The van der Waals surface area contributed by atoms with Gasteiger partial charge >= 0.3 is 11.9 Å². The fraction of sp³-hybridized carbons (Fsp3) is 0.192. The highest BCUT2D eigenvalue weighted by Gasteiger charge is 2.14. The van der Waals surface area contributed by atoms with E-state index in [2.05, 4.69) is 5.32 Å². The third kappa shape index (κ3) is 8.01. The Hall–Kier alpha value is -4.11. The van der Waals surface area contributed by atoms with Gasteiger partial charge in [0.15, 0.2) is 19.0 Å². The fourth-order valence-corrected chi connectivity index (χ4v) is 3.54. The van der Waals surface area contributed by atoms with Crippen molar-refractivity contribution in [3.63, 3.8) is 0 Å². The molecule has 0 saturated carbocycles. The molecule has 3 aromatic rings. The van der Waals surface area contributed by atoms with Crippen LogP contribution in [0.25, 0.3) is 0 Å². The van der Waals surface area contributed by atoms with Gasteiger partial charge in [0.05, 0.1) is 16.9 Å². The minimum atomic E-state index is -0.664. The minimum Gasteiger partial charge on any atom is -0.457 e. The molecular weight excluding hydrogens is 470 g/mol. The number of carbonyl (C=O) groups excluding carboxylic acids is 5. The summed E-state index contributed by atoms with van der Waals surface area (Å²) in [6.45, 7) is 1.16. The maximum Gasteiger partial charge on any atom is 0.338 e. The highest BCUT2D eigenvalue weighted by molar-refractivity contribution is 7.12. The van der Waals surface area contributed by atoms with Crippen LogP contribution in [-0.4, -0.2) is 42.6 Å². The number of benzene rings is 2. The van der Waals surface area contributed by atoms with Crippen molar-refractivity contribution < 1.29 is 33.4 Å². The summed E-state index contributed by atoms with van der Waals surface area (Å²) >= 11 is 1.26. The molecule has 0 saturated heterocycles. The molecule has 1 amide bonds. The second kappa shape index (κ2) is 12.4. The van der Waals surface area contributed by atoms with Gasteiger partial charge in [-0.15, -0.1) is 11.3 Å². The molecule has 1 heterocycles. The van der Waals surface area contributed by atoms with Gasteiger partial charge in [-0.05, 0) is 42.6 Å². The summed E-state index contributed by atoms with van der Waals surface area (Å²) in [5, 5.41) is 4.36. The number of ketones is 2. The van der Waals surface area contributed by atoms with Crippen molar-refractivity contribution in [2.75, 3.05) is 18.5 Å². The number of nitrogens with one attached hydrogen (secondary N) is 1. The Kier molecular flexibility index (Phi) is 9.02. The number of rotatable bonds is 11. The van der Waals surface area contributed by atoms with Crippen molar-refractivity contribution >= 4 is 46.4 Å².